The van der Waals surface area contributed by atoms with Crippen molar-refractivity contribution in [3.8, 4) is 0 Å². The van der Waals surface area contributed by atoms with E-state index >= 15 is 0 Å². The SMILES string of the molecule is Cc1cccc(CNC(=O)c2ccc3c(c2)CCN3C(=O)C2CC2)c1. The van der Waals surface area contributed by atoms with Crippen LogP contribution in [0.2, 0.25) is 0 Å². The van der Waals surface area contributed by atoms with Gasteiger partial charge < -0.3 is 10.2 Å². The zero-order valence-electron chi connectivity index (χ0n) is 14.4. The van der Waals surface area contributed by atoms with Gasteiger partial charge in [-0.1, -0.05) is 29.8 Å². The van der Waals surface area contributed by atoms with Crippen LogP contribution in [0.5, 0.6) is 0 Å². The molecule has 1 saturated carbocycles. The molecule has 0 spiro atoms. The normalized spacial score (nSPS) is 15.8. The first-order valence-corrected chi connectivity index (χ1v) is 8.90. The molecule has 1 N–H and O–H groups in total. The van der Waals surface area contributed by atoms with Crippen LogP contribution in [0.3, 0.4) is 0 Å². The van der Waals surface area contributed by atoms with E-state index in [1.165, 1.54) is 5.56 Å². The van der Waals surface area contributed by atoms with E-state index in [2.05, 4.69) is 11.4 Å². The molecule has 0 atom stereocenters. The fourth-order valence-corrected chi connectivity index (χ4v) is 3.43. The number of carbonyl (C=O) groups is 2. The van der Waals surface area contributed by atoms with Crippen molar-refractivity contribution in [1.82, 2.24) is 5.32 Å². The summed E-state index contributed by atoms with van der Waals surface area (Å²) in [6.07, 6.45) is 2.86. The van der Waals surface area contributed by atoms with Crippen LogP contribution in [0, 0.1) is 12.8 Å². The first kappa shape index (κ1) is 15.9. The molecule has 1 fully saturated rings. The Labute approximate surface area is 147 Å². The van der Waals surface area contributed by atoms with Crippen LogP contribution >= 0.6 is 0 Å². The minimum absolute atomic E-state index is 0.0729. The number of hydrogen-bond acceptors (Lipinski definition) is 2. The molecule has 4 rings (SSSR count). The van der Waals surface area contributed by atoms with Crippen molar-refractivity contribution in [1.29, 1.82) is 0 Å². The first-order valence-electron chi connectivity index (χ1n) is 8.90. The molecule has 0 radical (unpaired) electrons. The molecule has 25 heavy (non-hydrogen) atoms. The van der Waals surface area contributed by atoms with E-state index in [-0.39, 0.29) is 17.7 Å². The van der Waals surface area contributed by atoms with Crippen LogP contribution in [-0.2, 0) is 17.8 Å². The molecule has 4 nitrogen and oxygen atoms in total. The molecule has 1 aliphatic heterocycles. The number of benzene rings is 2. The molecular weight excluding hydrogens is 312 g/mol. The van der Waals surface area contributed by atoms with E-state index in [1.807, 2.05) is 48.2 Å². The summed E-state index contributed by atoms with van der Waals surface area (Å²) in [5.41, 5.74) is 5.01. The number of aryl methyl sites for hydroxylation is 1. The lowest BCUT2D eigenvalue weighted by Gasteiger charge is -2.17. The van der Waals surface area contributed by atoms with Gasteiger partial charge in [0.05, 0.1) is 0 Å². The molecule has 2 aliphatic rings. The third-order valence-electron chi connectivity index (χ3n) is 4.97. The summed E-state index contributed by atoms with van der Waals surface area (Å²) >= 11 is 0. The monoisotopic (exact) mass is 334 g/mol. The molecular formula is C21H22N2O2. The number of fused-ring (bicyclic) bond motifs is 1. The van der Waals surface area contributed by atoms with Crippen molar-refractivity contribution in [3.63, 3.8) is 0 Å². The summed E-state index contributed by atoms with van der Waals surface area (Å²) in [7, 11) is 0. The number of carbonyl (C=O) groups excluding carboxylic acids is 2. The topological polar surface area (TPSA) is 49.4 Å². The Bertz CT molecular complexity index is 840. The minimum atomic E-state index is -0.0729. The van der Waals surface area contributed by atoms with Crippen molar-refractivity contribution in [2.45, 2.75) is 32.7 Å². The second-order valence-electron chi connectivity index (χ2n) is 7.03. The van der Waals surface area contributed by atoms with Gasteiger partial charge in [-0.3, -0.25) is 9.59 Å². The molecule has 1 heterocycles. The lowest BCUT2D eigenvalue weighted by Crippen LogP contribution is -2.30. The van der Waals surface area contributed by atoms with Crippen molar-refractivity contribution in [3.05, 3.63) is 64.7 Å². The fourth-order valence-electron chi connectivity index (χ4n) is 3.43. The lowest BCUT2D eigenvalue weighted by atomic mass is 10.1. The average molecular weight is 334 g/mol. The van der Waals surface area contributed by atoms with E-state index in [0.717, 1.165) is 42.6 Å². The summed E-state index contributed by atoms with van der Waals surface area (Å²) in [5, 5.41) is 2.98. The maximum absolute atomic E-state index is 12.4. The van der Waals surface area contributed by atoms with Crippen LogP contribution in [0.25, 0.3) is 0 Å². The summed E-state index contributed by atoms with van der Waals surface area (Å²) in [4.78, 5) is 26.7. The maximum Gasteiger partial charge on any atom is 0.251 e. The number of amides is 2. The van der Waals surface area contributed by atoms with Gasteiger partial charge in [-0.05, 0) is 55.5 Å². The van der Waals surface area contributed by atoms with Gasteiger partial charge in [0.15, 0.2) is 0 Å². The zero-order chi connectivity index (χ0) is 17.4. The van der Waals surface area contributed by atoms with E-state index < -0.39 is 0 Å². The number of anilines is 1. The highest BCUT2D eigenvalue weighted by Gasteiger charge is 2.36. The molecule has 1 aliphatic carbocycles. The predicted octanol–water partition coefficient (Wildman–Crippen LogP) is 3.22. The molecule has 0 aromatic heterocycles. The van der Waals surface area contributed by atoms with Crippen molar-refractivity contribution < 1.29 is 9.59 Å². The van der Waals surface area contributed by atoms with Crippen LogP contribution in [0.15, 0.2) is 42.5 Å². The van der Waals surface area contributed by atoms with E-state index in [1.54, 1.807) is 0 Å². The fraction of sp³-hybridized carbons (Fsp3) is 0.333. The largest absolute Gasteiger partial charge is 0.348 e. The maximum atomic E-state index is 12.4. The van der Waals surface area contributed by atoms with Gasteiger partial charge >= 0.3 is 0 Å². The van der Waals surface area contributed by atoms with Crippen molar-refractivity contribution in [2.75, 3.05) is 11.4 Å². The minimum Gasteiger partial charge on any atom is -0.348 e. The highest BCUT2D eigenvalue weighted by atomic mass is 16.2. The Morgan fingerprint density at radius 1 is 1.16 bits per heavy atom. The van der Waals surface area contributed by atoms with Gasteiger partial charge in [0, 0.05) is 30.3 Å². The van der Waals surface area contributed by atoms with E-state index in [9.17, 15) is 9.59 Å². The Morgan fingerprint density at radius 2 is 2.00 bits per heavy atom. The smallest absolute Gasteiger partial charge is 0.251 e. The van der Waals surface area contributed by atoms with Gasteiger partial charge in [-0.25, -0.2) is 0 Å². The van der Waals surface area contributed by atoms with Gasteiger partial charge in [-0.2, -0.15) is 0 Å². The third-order valence-corrected chi connectivity index (χ3v) is 4.97. The second kappa shape index (κ2) is 6.36. The number of hydrogen-bond donors (Lipinski definition) is 1. The quantitative estimate of drug-likeness (QED) is 0.933. The van der Waals surface area contributed by atoms with Crippen LogP contribution in [0.4, 0.5) is 5.69 Å². The highest BCUT2D eigenvalue weighted by Crippen LogP contribution is 2.36. The zero-order valence-corrected chi connectivity index (χ0v) is 14.4. The van der Waals surface area contributed by atoms with Crippen LogP contribution < -0.4 is 10.2 Å². The number of nitrogens with zero attached hydrogens (tertiary/aromatic N) is 1. The van der Waals surface area contributed by atoms with E-state index in [0.29, 0.717) is 12.1 Å². The third kappa shape index (κ3) is 3.29. The Morgan fingerprint density at radius 3 is 2.76 bits per heavy atom. The van der Waals surface area contributed by atoms with Gasteiger partial charge in [0.25, 0.3) is 5.91 Å². The molecule has 2 amide bonds. The summed E-state index contributed by atoms with van der Waals surface area (Å²) in [6.45, 7) is 3.30. The lowest BCUT2D eigenvalue weighted by molar-refractivity contribution is -0.119. The van der Waals surface area contributed by atoms with Gasteiger partial charge in [0.2, 0.25) is 5.91 Å². The van der Waals surface area contributed by atoms with Crippen molar-refractivity contribution >= 4 is 17.5 Å². The van der Waals surface area contributed by atoms with E-state index in [4.69, 9.17) is 0 Å². The Balaban J connectivity index is 1.44. The number of nitrogens with one attached hydrogen (secondary N) is 1. The number of rotatable bonds is 4. The van der Waals surface area contributed by atoms with Crippen LogP contribution in [0.1, 0.15) is 39.9 Å². The molecule has 2 aromatic rings. The Hall–Kier alpha value is -2.62. The molecule has 0 unspecified atom stereocenters. The second-order valence-corrected chi connectivity index (χ2v) is 7.03. The molecule has 4 heteroatoms. The summed E-state index contributed by atoms with van der Waals surface area (Å²) in [6, 6.07) is 13.8. The van der Waals surface area contributed by atoms with Crippen molar-refractivity contribution in [2.24, 2.45) is 5.92 Å². The highest BCUT2D eigenvalue weighted by molar-refractivity contribution is 6.00. The Kier molecular flexibility index (Phi) is 4.04. The molecule has 0 bridgehead atoms. The summed E-state index contributed by atoms with van der Waals surface area (Å²) in [5.74, 6) is 0.398. The predicted molar refractivity (Wildman–Crippen MR) is 97.6 cm³/mol. The summed E-state index contributed by atoms with van der Waals surface area (Å²) < 4.78 is 0. The first-order chi connectivity index (χ1) is 12.1. The standard InChI is InChI=1S/C21H22N2O2/c1-14-3-2-4-15(11-14)13-22-20(24)18-7-8-19-17(12-18)9-10-23(19)21(25)16-5-6-16/h2-4,7-8,11-12,16H,5-6,9-10,13H2,1H3,(H,22,24). The molecule has 2 aromatic carbocycles. The molecule has 0 saturated heterocycles. The van der Waals surface area contributed by atoms with Gasteiger partial charge in [0.1, 0.15) is 0 Å². The average Bonchev–Trinajstić information content (AvgIpc) is 3.38. The molecule has 128 valence electrons. The van der Waals surface area contributed by atoms with Gasteiger partial charge in [-0.15, -0.1) is 0 Å². The van der Waals surface area contributed by atoms with Crippen LogP contribution in [-0.4, -0.2) is 18.4 Å².